The van der Waals surface area contributed by atoms with Gasteiger partial charge in [-0.1, -0.05) is 18.9 Å². The summed E-state index contributed by atoms with van der Waals surface area (Å²) in [5.41, 5.74) is 3.35. The van der Waals surface area contributed by atoms with Gasteiger partial charge in [-0.05, 0) is 37.8 Å². The number of benzene rings is 1. The van der Waals surface area contributed by atoms with Crippen molar-refractivity contribution < 1.29 is 28.5 Å². The fraction of sp³-hybridized carbons (Fsp3) is 0.414. The minimum atomic E-state index is -0.722. The first-order valence-corrected chi connectivity index (χ1v) is 13.4. The molecule has 40 heavy (non-hydrogen) atoms. The average molecular weight is 547 g/mol. The molecule has 0 saturated carbocycles. The summed E-state index contributed by atoms with van der Waals surface area (Å²) in [5.74, 6) is 0.868. The molecule has 11 nitrogen and oxygen atoms in total. The van der Waals surface area contributed by atoms with Crippen LogP contribution < -0.4 is 9.84 Å². The molecule has 0 amide bonds. The number of methoxy groups -OCH3 is 1. The van der Waals surface area contributed by atoms with Crippen molar-refractivity contribution in [1.29, 1.82) is 0 Å². The van der Waals surface area contributed by atoms with E-state index >= 15 is 0 Å². The number of hydrogen-bond acceptors (Lipinski definition) is 10. The summed E-state index contributed by atoms with van der Waals surface area (Å²) in [6.45, 7) is 2.95. The number of carbonyl (C=O) groups excluding carboxylic acids is 1. The van der Waals surface area contributed by atoms with Gasteiger partial charge in [0.25, 0.3) is 5.89 Å². The third kappa shape index (κ3) is 6.54. The zero-order chi connectivity index (χ0) is 27.9. The molecule has 1 saturated heterocycles. The smallest absolute Gasteiger partial charge is 0.263 e. The number of aromatic nitrogens is 4. The van der Waals surface area contributed by atoms with Crippen LogP contribution in [0.1, 0.15) is 60.3 Å². The zero-order valence-corrected chi connectivity index (χ0v) is 22.6. The Labute approximate surface area is 231 Å². The molecule has 1 aliphatic heterocycles. The predicted octanol–water partition coefficient (Wildman–Crippen LogP) is 3.98. The van der Waals surface area contributed by atoms with Crippen molar-refractivity contribution in [2.24, 2.45) is 4.99 Å². The Kier molecular flexibility index (Phi) is 8.82. The molecule has 0 aliphatic carbocycles. The Morgan fingerprint density at radius 3 is 2.90 bits per heavy atom. The van der Waals surface area contributed by atoms with Crippen LogP contribution in [0.5, 0.6) is 5.75 Å². The summed E-state index contributed by atoms with van der Waals surface area (Å²) in [4.78, 5) is 33.1. The van der Waals surface area contributed by atoms with Gasteiger partial charge in [-0.2, -0.15) is 0 Å². The lowest BCUT2D eigenvalue weighted by Crippen LogP contribution is -2.42. The van der Waals surface area contributed by atoms with E-state index in [1.807, 2.05) is 31.2 Å². The number of aliphatic imine (C=N–C) groups is 1. The molecule has 4 aromatic rings. The predicted molar refractivity (Wildman–Crippen MR) is 145 cm³/mol. The van der Waals surface area contributed by atoms with E-state index in [9.17, 15) is 9.90 Å². The Morgan fingerprint density at radius 2 is 2.12 bits per heavy atom. The molecule has 2 atom stereocenters. The van der Waals surface area contributed by atoms with Crippen molar-refractivity contribution >= 4 is 22.6 Å². The molecule has 5 rings (SSSR count). The Balaban J connectivity index is 1.33. The molecular weight excluding hydrogens is 514 g/mol. The number of unbranched alkanes of at least 4 members (excludes halogenated alkanes) is 2. The molecule has 3 aromatic heterocycles. The van der Waals surface area contributed by atoms with Crippen molar-refractivity contribution in [2.75, 3.05) is 26.9 Å². The standard InChI is InChI=1S/C29H33N5O6/c1-18-8-9-19-14-20(25(37-2)15-22(19)32-18)23-16-31-27(33-23)21(34-28(36)26-17-38-12-13-39-26)6-4-3-5-7-24(35)29-30-10-11-40-29/h8-11,14-16,21,26H,3-7,12-13,17H2,1-2H3,(H,31,33)(H,34,36)/p-1. The van der Waals surface area contributed by atoms with Crippen LogP contribution in [0, 0.1) is 6.92 Å². The van der Waals surface area contributed by atoms with Crippen LogP contribution in [-0.4, -0.2) is 64.7 Å². The van der Waals surface area contributed by atoms with E-state index in [1.54, 1.807) is 13.3 Å². The van der Waals surface area contributed by atoms with Gasteiger partial charge in [0.2, 0.25) is 5.78 Å². The first kappa shape index (κ1) is 27.5. The highest BCUT2D eigenvalue weighted by Gasteiger charge is 2.20. The lowest BCUT2D eigenvalue weighted by atomic mass is 10.1. The largest absolute Gasteiger partial charge is 0.860 e. The summed E-state index contributed by atoms with van der Waals surface area (Å²) < 4.78 is 21.7. The zero-order valence-electron chi connectivity index (χ0n) is 22.6. The van der Waals surface area contributed by atoms with Crippen LogP contribution in [0.3, 0.4) is 0 Å². The maximum atomic E-state index is 12.9. The Bertz CT molecular complexity index is 1460. The number of aromatic amines is 1. The highest BCUT2D eigenvalue weighted by Crippen LogP contribution is 2.34. The molecule has 1 aromatic carbocycles. The first-order valence-electron chi connectivity index (χ1n) is 13.4. The monoisotopic (exact) mass is 546 g/mol. The van der Waals surface area contributed by atoms with Crippen molar-refractivity contribution in [3.8, 4) is 17.0 Å². The van der Waals surface area contributed by atoms with Crippen molar-refractivity contribution in [3.05, 3.63) is 60.3 Å². The van der Waals surface area contributed by atoms with Gasteiger partial charge in [-0.3, -0.25) is 14.8 Å². The van der Waals surface area contributed by atoms with Gasteiger partial charge in [-0.15, -0.1) is 0 Å². The lowest BCUT2D eigenvalue weighted by molar-refractivity contribution is -0.238. The third-order valence-electron chi connectivity index (χ3n) is 6.78. The number of ether oxygens (including phenoxy) is 3. The van der Waals surface area contributed by atoms with E-state index in [1.165, 1.54) is 12.5 Å². The number of pyridine rings is 1. The summed E-state index contributed by atoms with van der Waals surface area (Å²) in [5, 5.41) is 13.9. The highest BCUT2D eigenvalue weighted by atomic mass is 16.6. The normalized spacial score (nSPS) is 16.8. The van der Waals surface area contributed by atoms with Crippen molar-refractivity contribution in [2.45, 2.75) is 51.2 Å². The minimum Gasteiger partial charge on any atom is -0.860 e. The number of nitrogens with one attached hydrogen (secondary N) is 1. The Hall–Kier alpha value is -4.09. The second kappa shape index (κ2) is 12.8. The SMILES string of the molecule is COc1cc2nc(C)ccc2cc1-c1cnc(C(CCCCCC(=O)c2ncco2)N=C([O-])C2COCCO2)[nH]1. The first-order chi connectivity index (χ1) is 19.5. The van der Waals surface area contributed by atoms with Crippen molar-refractivity contribution in [1.82, 2.24) is 19.9 Å². The quantitative estimate of drug-likeness (QED) is 0.121. The number of Topliss-reactive ketones (excluding diaryl/α,β-unsaturated/α-hetero) is 1. The fourth-order valence-corrected chi connectivity index (χ4v) is 4.67. The maximum absolute atomic E-state index is 12.9. The number of fused-ring (bicyclic) bond motifs is 1. The molecule has 0 radical (unpaired) electrons. The number of H-pyrrole nitrogens is 1. The van der Waals surface area contributed by atoms with Crippen LogP contribution in [0.25, 0.3) is 22.2 Å². The Morgan fingerprint density at radius 1 is 1.23 bits per heavy atom. The number of hydrogen-bond donors (Lipinski definition) is 1. The third-order valence-corrected chi connectivity index (χ3v) is 6.78. The molecule has 1 N–H and O–H groups in total. The number of imidazole rings is 1. The van der Waals surface area contributed by atoms with Gasteiger partial charge in [0.05, 0.1) is 50.5 Å². The topological polar surface area (TPSA) is 148 Å². The van der Waals surface area contributed by atoms with E-state index in [2.05, 4.69) is 24.9 Å². The van der Waals surface area contributed by atoms with Crippen LogP contribution in [0.2, 0.25) is 0 Å². The summed E-state index contributed by atoms with van der Waals surface area (Å²) in [7, 11) is 1.62. The number of ketones is 1. The van der Waals surface area contributed by atoms with Gasteiger partial charge in [-0.25, -0.2) is 9.97 Å². The summed E-state index contributed by atoms with van der Waals surface area (Å²) in [6, 6.07) is 7.39. The number of oxazole rings is 1. The van der Waals surface area contributed by atoms with Crippen LogP contribution in [0.4, 0.5) is 0 Å². The van der Waals surface area contributed by atoms with E-state index in [-0.39, 0.29) is 24.2 Å². The molecule has 1 fully saturated rings. The van der Waals surface area contributed by atoms with E-state index < -0.39 is 12.1 Å². The molecule has 1 aliphatic rings. The average Bonchev–Trinajstić information content (AvgIpc) is 3.69. The minimum absolute atomic E-state index is 0.124. The summed E-state index contributed by atoms with van der Waals surface area (Å²) in [6.07, 6.45) is 6.95. The number of rotatable bonds is 12. The van der Waals surface area contributed by atoms with Gasteiger partial charge in [0.1, 0.15) is 30.0 Å². The molecule has 0 bridgehead atoms. The van der Waals surface area contributed by atoms with E-state index in [4.69, 9.17) is 18.6 Å². The van der Waals surface area contributed by atoms with Gasteiger partial charge in [0.15, 0.2) is 0 Å². The fourth-order valence-electron chi connectivity index (χ4n) is 4.67. The molecular formula is C29H32N5O6-. The highest BCUT2D eigenvalue weighted by molar-refractivity contribution is 5.91. The second-order valence-corrected chi connectivity index (χ2v) is 9.66. The number of carbonyl (C=O) groups is 1. The molecule has 11 heteroatoms. The van der Waals surface area contributed by atoms with E-state index in [0.717, 1.165) is 40.7 Å². The van der Waals surface area contributed by atoms with Gasteiger partial charge in [0, 0.05) is 29.1 Å². The van der Waals surface area contributed by atoms with Gasteiger partial charge < -0.3 is 28.7 Å². The number of nitrogens with zero attached hydrogens (tertiary/aromatic N) is 4. The lowest BCUT2D eigenvalue weighted by Gasteiger charge is -2.28. The molecule has 2 unspecified atom stereocenters. The molecule has 210 valence electrons. The number of aryl methyl sites for hydroxylation is 1. The van der Waals surface area contributed by atoms with Crippen LogP contribution in [0.15, 0.2) is 52.3 Å². The van der Waals surface area contributed by atoms with Crippen molar-refractivity contribution in [3.63, 3.8) is 0 Å². The van der Waals surface area contributed by atoms with E-state index in [0.29, 0.717) is 44.1 Å². The van der Waals surface area contributed by atoms with Crippen LogP contribution >= 0.6 is 0 Å². The second-order valence-electron chi connectivity index (χ2n) is 9.66. The summed E-state index contributed by atoms with van der Waals surface area (Å²) >= 11 is 0. The molecule has 4 heterocycles. The van der Waals surface area contributed by atoms with Gasteiger partial charge >= 0.3 is 0 Å². The van der Waals surface area contributed by atoms with Crippen LogP contribution in [-0.2, 0) is 9.47 Å². The maximum Gasteiger partial charge on any atom is 0.263 e. The molecule has 0 spiro atoms.